The minimum atomic E-state index is 0.0513. The zero-order valence-electron chi connectivity index (χ0n) is 12.9. The van der Waals surface area contributed by atoms with Gasteiger partial charge in [0.15, 0.2) is 0 Å². The van der Waals surface area contributed by atoms with E-state index in [0.717, 1.165) is 44.8 Å². The molecule has 1 aromatic rings. The predicted octanol–water partition coefficient (Wildman–Crippen LogP) is 0.187. The quantitative estimate of drug-likeness (QED) is 0.813. The first kappa shape index (κ1) is 15.2. The second-order valence-electron chi connectivity index (χ2n) is 5.99. The molecule has 1 N–H and O–H groups in total. The number of hydrogen-bond acceptors (Lipinski definition) is 5. The summed E-state index contributed by atoms with van der Waals surface area (Å²) >= 11 is 0. The number of aliphatic hydroxyl groups is 1. The lowest BCUT2D eigenvalue weighted by atomic mass is 10.3. The lowest BCUT2D eigenvalue weighted by Gasteiger charge is -2.36. The van der Waals surface area contributed by atoms with Gasteiger partial charge in [0.2, 0.25) is 5.91 Å². The molecule has 0 aromatic carbocycles. The third kappa shape index (κ3) is 3.75. The second-order valence-corrected chi connectivity index (χ2v) is 5.99. The fraction of sp³-hybridized carbons (Fsp3) is 0.625. The monoisotopic (exact) mass is 304 g/mol. The van der Waals surface area contributed by atoms with Crippen molar-refractivity contribution in [1.29, 1.82) is 0 Å². The average Bonchev–Trinajstić information content (AvgIpc) is 3.39. The van der Waals surface area contributed by atoms with Crippen LogP contribution in [0.15, 0.2) is 24.4 Å². The Hall–Kier alpha value is -1.66. The molecule has 0 radical (unpaired) electrons. The van der Waals surface area contributed by atoms with Crippen LogP contribution in [-0.4, -0.2) is 77.7 Å². The van der Waals surface area contributed by atoms with Gasteiger partial charge >= 0.3 is 0 Å². The van der Waals surface area contributed by atoms with Gasteiger partial charge in [-0.05, 0) is 25.0 Å². The summed E-state index contributed by atoms with van der Waals surface area (Å²) in [6.45, 7) is 4.53. The summed E-state index contributed by atoms with van der Waals surface area (Å²) in [4.78, 5) is 23.1. The molecule has 1 aromatic heterocycles. The Morgan fingerprint density at radius 2 is 2.05 bits per heavy atom. The van der Waals surface area contributed by atoms with E-state index < -0.39 is 0 Å². The first-order chi connectivity index (χ1) is 10.8. The van der Waals surface area contributed by atoms with Crippen LogP contribution < -0.4 is 4.90 Å². The molecule has 120 valence electrons. The molecule has 6 heteroatoms. The van der Waals surface area contributed by atoms with Gasteiger partial charge in [-0.1, -0.05) is 6.07 Å². The first-order valence-electron chi connectivity index (χ1n) is 8.06. The fourth-order valence-corrected chi connectivity index (χ4v) is 2.96. The van der Waals surface area contributed by atoms with E-state index in [4.69, 9.17) is 5.11 Å². The van der Waals surface area contributed by atoms with Gasteiger partial charge in [0, 0.05) is 45.0 Å². The second kappa shape index (κ2) is 7.07. The lowest BCUT2D eigenvalue weighted by Crippen LogP contribution is -2.51. The van der Waals surface area contributed by atoms with Gasteiger partial charge < -0.3 is 14.9 Å². The van der Waals surface area contributed by atoms with E-state index >= 15 is 0 Å². The summed E-state index contributed by atoms with van der Waals surface area (Å²) in [7, 11) is 0. The number of pyridine rings is 1. The predicted molar refractivity (Wildman–Crippen MR) is 84.7 cm³/mol. The van der Waals surface area contributed by atoms with Gasteiger partial charge in [-0.15, -0.1) is 0 Å². The van der Waals surface area contributed by atoms with Gasteiger partial charge in [-0.25, -0.2) is 4.98 Å². The molecular weight excluding hydrogens is 280 g/mol. The molecule has 0 spiro atoms. The van der Waals surface area contributed by atoms with Crippen LogP contribution in [0.25, 0.3) is 0 Å². The van der Waals surface area contributed by atoms with E-state index in [1.807, 2.05) is 29.3 Å². The maximum absolute atomic E-state index is 12.4. The van der Waals surface area contributed by atoms with Crippen LogP contribution in [0.1, 0.15) is 12.8 Å². The normalized spacial score (nSPS) is 19.2. The Kier molecular flexibility index (Phi) is 4.90. The Balaban J connectivity index is 1.48. The maximum atomic E-state index is 12.4. The number of aromatic nitrogens is 1. The van der Waals surface area contributed by atoms with Crippen LogP contribution in [-0.2, 0) is 4.79 Å². The summed E-state index contributed by atoms with van der Waals surface area (Å²) in [5.74, 6) is 1.16. The number of carbonyl (C=O) groups excluding carboxylic acids is 1. The number of anilines is 1. The van der Waals surface area contributed by atoms with Crippen molar-refractivity contribution in [2.45, 2.75) is 18.9 Å². The van der Waals surface area contributed by atoms with Crippen LogP contribution in [0.4, 0.5) is 5.82 Å². The standard InChI is InChI=1S/C16H24N4O2/c21-12-11-20(14-4-5-14)16(22)13-18-7-9-19(10-8-18)15-3-1-2-6-17-15/h1-3,6,14,21H,4-5,7-13H2. The van der Waals surface area contributed by atoms with Crippen LogP contribution in [0.3, 0.4) is 0 Å². The van der Waals surface area contributed by atoms with Gasteiger partial charge in [-0.2, -0.15) is 0 Å². The third-order valence-corrected chi connectivity index (χ3v) is 4.35. The molecular formula is C16H24N4O2. The molecule has 0 bridgehead atoms. The average molecular weight is 304 g/mol. The zero-order chi connectivity index (χ0) is 15.4. The van der Waals surface area contributed by atoms with Crippen molar-refractivity contribution in [3.05, 3.63) is 24.4 Å². The topological polar surface area (TPSA) is 59.9 Å². The smallest absolute Gasteiger partial charge is 0.237 e. The van der Waals surface area contributed by atoms with E-state index in [-0.39, 0.29) is 12.5 Å². The summed E-state index contributed by atoms with van der Waals surface area (Å²) < 4.78 is 0. The Morgan fingerprint density at radius 3 is 2.64 bits per heavy atom. The zero-order valence-corrected chi connectivity index (χ0v) is 12.9. The fourth-order valence-electron chi connectivity index (χ4n) is 2.96. The molecule has 1 amide bonds. The number of carbonyl (C=O) groups is 1. The Bertz CT molecular complexity index is 484. The van der Waals surface area contributed by atoms with E-state index in [0.29, 0.717) is 19.1 Å². The third-order valence-electron chi connectivity index (χ3n) is 4.35. The van der Waals surface area contributed by atoms with Crippen LogP contribution >= 0.6 is 0 Å². The highest BCUT2D eigenvalue weighted by Crippen LogP contribution is 2.26. The molecule has 1 aliphatic heterocycles. The van der Waals surface area contributed by atoms with Gasteiger partial charge in [0.1, 0.15) is 5.82 Å². The van der Waals surface area contributed by atoms with Crippen molar-refractivity contribution in [1.82, 2.24) is 14.8 Å². The highest BCUT2D eigenvalue weighted by Gasteiger charge is 2.33. The Morgan fingerprint density at radius 1 is 1.27 bits per heavy atom. The van der Waals surface area contributed by atoms with Crippen LogP contribution in [0.2, 0.25) is 0 Å². The highest BCUT2D eigenvalue weighted by atomic mass is 16.3. The van der Waals surface area contributed by atoms with Gasteiger partial charge in [0.05, 0.1) is 13.2 Å². The van der Waals surface area contributed by atoms with E-state index in [9.17, 15) is 4.79 Å². The maximum Gasteiger partial charge on any atom is 0.237 e. The van der Waals surface area contributed by atoms with Crippen molar-refractivity contribution in [2.75, 3.05) is 50.8 Å². The molecule has 22 heavy (non-hydrogen) atoms. The summed E-state index contributed by atoms with van der Waals surface area (Å²) in [5.41, 5.74) is 0. The molecule has 2 fully saturated rings. The number of rotatable bonds is 6. The number of amides is 1. The van der Waals surface area contributed by atoms with Crippen LogP contribution in [0, 0.1) is 0 Å². The number of aliphatic hydroxyl groups excluding tert-OH is 1. The number of piperazine rings is 1. The highest BCUT2D eigenvalue weighted by molar-refractivity contribution is 5.79. The molecule has 2 aliphatic rings. The number of hydrogen-bond donors (Lipinski definition) is 1. The van der Waals surface area contributed by atoms with Crippen molar-refractivity contribution in [3.8, 4) is 0 Å². The van der Waals surface area contributed by atoms with Gasteiger partial charge in [-0.3, -0.25) is 9.69 Å². The molecule has 1 aliphatic carbocycles. The Labute approximate surface area is 131 Å². The largest absolute Gasteiger partial charge is 0.395 e. The summed E-state index contributed by atoms with van der Waals surface area (Å²) in [5, 5.41) is 9.11. The lowest BCUT2D eigenvalue weighted by molar-refractivity contribution is -0.133. The summed E-state index contributed by atoms with van der Waals surface area (Å²) in [6, 6.07) is 6.32. The van der Waals surface area contributed by atoms with Crippen molar-refractivity contribution >= 4 is 11.7 Å². The van der Waals surface area contributed by atoms with Crippen molar-refractivity contribution < 1.29 is 9.90 Å². The molecule has 3 rings (SSSR count). The van der Waals surface area contributed by atoms with Crippen molar-refractivity contribution in [2.24, 2.45) is 0 Å². The molecule has 0 atom stereocenters. The van der Waals surface area contributed by atoms with Gasteiger partial charge in [0.25, 0.3) is 0 Å². The minimum Gasteiger partial charge on any atom is -0.395 e. The number of nitrogens with zero attached hydrogens (tertiary/aromatic N) is 4. The van der Waals surface area contributed by atoms with Crippen molar-refractivity contribution in [3.63, 3.8) is 0 Å². The first-order valence-corrected chi connectivity index (χ1v) is 8.06. The molecule has 1 saturated heterocycles. The summed E-state index contributed by atoms with van der Waals surface area (Å²) in [6.07, 6.45) is 3.98. The van der Waals surface area contributed by atoms with E-state index in [1.54, 1.807) is 0 Å². The van der Waals surface area contributed by atoms with E-state index in [1.165, 1.54) is 0 Å². The molecule has 6 nitrogen and oxygen atoms in total. The SMILES string of the molecule is O=C(CN1CCN(c2ccccn2)CC1)N(CCO)C1CC1. The minimum absolute atomic E-state index is 0.0513. The van der Waals surface area contributed by atoms with E-state index in [2.05, 4.69) is 14.8 Å². The van der Waals surface area contributed by atoms with Crippen LogP contribution in [0.5, 0.6) is 0 Å². The molecule has 1 saturated carbocycles. The molecule has 2 heterocycles. The molecule has 0 unspecified atom stereocenters.